The van der Waals surface area contributed by atoms with Crippen molar-refractivity contribution in [3.63, 3.8) is 0 Å². The first-order chi connectivity index (χ1) is 7.90. The van der Waals surface area contributed by atoms with Gasteiger partial charge < -0.3 is 5.32 Å². The Morgan fingerprint density at radius 1 is 1.12 bits per heavy atom. The first-order valence-corrected chi connectivity index (χ1v) is 6.63. The summed E-state index contributed by atoms with van der Waals surface area (Å²) < 4.78 is 0. The molecule has 1 aromatic carbocycles. The van der Waals surface area contributed by atoms with E-state index in [-0.39, 0.29) is 0 Å². The minimum Gasteiger partial charge on any atom is -0.320 e. The van der Waals surface area contributed by atoms with Gasteiger partial charge in [0.1, 0.15) is 0 Å². The molecule has 2 rings (SSSR count). The van der Waals surface area contributed by atoms with Crippen molar-refractivity contribution in [3.8, 4) is 0 Å². The first kappa shape index (κ1) is 11.7. The number of aryl methyl sites for hydroxylation is 1. The van der Waals surface area contributed by atoms with Gasteiger partial charge in [-0.1, -0.05) is 37.1 Å². The zero-order chi connectivity index (χ0) is 11.2. The highest BCUT2D eigenvalue weighted by molar-refractivity contribution is 5.26. The molecule has 0 atom stereocenters. The highest BCUT2D eigenvalue weighted by Crippen LogP contribution is 2.33. The van der Waals surface area contributed by atoms with Crippen LogP contribution < -0.4 is 5.32 Å². The van der Waals surface area contributed by atoms with E-state index in [4.69, 9.17) is 0 Å². The van der Waals surface area contributed by atoms with Crippen LogP contribution in [0.3, 0.4) is 0 Å². The monoisotopic (exact) mass is 217 g/mol. The molecule has 0 amide bonds. The molecule has 0 saturated heterocycles. The van der Waals surface area contributed by atoms with Crippen LogP contribution in [0.2, 0.25) is 0 Å². The van der Waals surface area contributed by atoms with Crippen molar-refractivity contribution in [2.75, 3.05) is 13.6 Å². The van der Waals surface area contributed by atoms with Crippen LogP contribution in [-0.2, 0) is 6.42 Å². The van der Waals surface area contributed by atoms with Crippen LogP contribution in [0.5, 0.6) is 0 Å². The molecule has 0 unspecified atom stereocenters. The summed E-state index contributed by atoms with van der Waals surface area (Å²) in [5, 5.41) is 3.19. The van der Waals surface area contributed by atoms with E-state index in [1.54, 1.807) is 5.56 Å². The van der Waals surface area contributed by atoms with E-state index in [9.17, 15) is 0 Å². The minimum absolute atomic E-state index is 0.853. The molecule has 0 spiro atoms. The summed E-state index contributed by atoms with van der Waals surface area (Å²) in [6.45, 7) is 1.12. The fourth-order valence-electron chi connectivity index (χ4n) is 2.68. The van der Waals surface area contributed by atoms with Gasteiger partial charge in [-0.2, -0.15) is 0 Å². The van der Waals surface area contributed by atoms with Crippen molar-refractivity contribution >= 4 is 0 Å². The second-order valence-corrected chi connectivity index (χ2v) is 4.93. The lowest BCUT2D eigenvalue weighted by molar-refractivity contribution is 0.715. The average molecular weight is 217 g/mol. The Kier molecular flexibility index (Phi) is 4.41. The molecule has 0 aliphatic heterocycles. The summed E-state index contributed by atoms with van der Waals surface area (Å²) in [4.78, 5) is 0. The molecule has 1 aliphatic rings. The van der Waals surface area contributed by atoms with Crippen LogP contribution >= 0.6 is 0 Å². The summed E-state index contributed by atoms with van der Waals surface area (Å²) in [5.74, 6) is 0.853. The molecular formula is C15H23N. The van der Waals surface area contributed by atoms with Gasteiger partial charge in [-0.25, -0.2) is 0 Å². The predicted octanol–water partition coefficient (Wildman–Crippen LogP) is 3.50. The normalized spacial score (nSPS) is 16.8. The van der Waals surface area contributed by atoms with Gasteiger partial charge in [0.2, 0.25) is 0 Å². The summed E-state index contributed by atoms with van der Waals surface area (Å²) in [5.41, 5.74) is 3.05. The molecule has 0 aromatic heterocycles. The Bertz CT molecular complexity index is 296. The molecule has 88 valence electrons. The number of nitrogens with one attached hydrogen (secondary N) is 1. The van der Waals surface area contributed by atoms with E-state index in [2.05, 4.69) is 29.6 Å². The molecule has 1 N–H and O–H groups in total. The van der Waals surface area contributed by atoms with Crippen LogP contribution in [0.25, 0.3) is 0 Å². The molecule has 1 saturated carbocycles. The lowest BCUT2D eigenvalue weighted by atomic mass is 9.96. The van der Waals surface area contributed by atoms with E-state index in [1.165, 1.54) is 44.1 Å². The Morgan fingerprint density at radius 3 is 2.44 bits per heavy atom. The van der Waals surface area contributed by atoms with Crippen molar-refractivity contribution in [1.82, 2.24) is 5.32 Å². The lowest BCUT2D eigenvalue weighted by Crippen LogP contribution is -2.08. The second kappa shape index (κ2) is 6.05. The summed E-state index contributed by atoms with van der Waals surface area (Å²) in [7, 11) is 2.02. The van der Waals surface area contributed by atoms with E-state index in [0.29, 0.717) is 0 Å². The van der Waals surface area contributed by atoms with Gasteiger partial charge in [0, 0.05) is 0 Å². The van der Waals surface area contributed by atoms with Crippen LogP contribution in [0.15, 0.2) is 24.3 Å². The van der Waals surface area contributed by atoms with Gasteiger partial charge >= 0.3 is 0 Å². The fourth-order valence-corrected chi connectivity index (χ4v) is 2.68. The molecule has 16 heavy (non-hydrogen) atoms. The third-order valence-corrected chi connectivity index (χ3v) is 3.70. The Morgan fingerprint density at radius 2 is 1.81 bits per heavy atom. The van der Waals surface area contributed by atoms with Crippen molar-refractivity contribution in [2.24, 2.45) is 0 Å². The minimum atomic E-state index is 0.853. The Hall–Kier alpha value is -0.820. The average Bonchev–Trinajstić information content (AvgIpc) is 2.84. The molecule has 0 heterocycles. The zero-order valence-electron chi connectivity index (χ0n) is 10.3. The molecule has 1 fully saturated rings. The van der Waals surface area contributed by atoms with Crippen LogP contribution in [0, 0.1) is 0 Å². The van der Waals surface area contributed by atoms with E-state index in [0.717, 1.165) is 12.5 Å². The van der Waals surface area contributed by atoms with Gasteiger partial charge in [0.05, 0.1) is 0 Å². The second-order valence-electron chi connectivity index (χ2n) is 4.93. The van der Waals surface area contributed by atoms with Gasteiger partial charge in [-0.15, -0.1) is 0 Å². The van der Waals surface area contributed by atoms with Gasteiger partial charge in [-0.3, -0.25) is 0 Å². The summed E-state index contributed by atoms with van der Waals surface area (Å²) in [6.07, 6.45) is 8.09. The van der Waals surface area contributed by atoms with Gasteiger partial charge in [0.25, 0.3) is 0 Å². The molecule has 1 aromatic rings. The van der Waals surface area contributed by atoms with E-state index in [1.807, 2.05) is 7.05 Å². The van der Waals surface area contributed by atoms with E-state index < -0.39 is 0 Å². The third kappa shape index (κ3) is 3.08. The Labute approximate surface area is 99.3 Å². The number of hydrogen-bond donors (Lipinski definition) is 1. The van der Waals surface area contributed by atoms with E-state index >= 15 is 0 Å². The van der Waals surface area contributed by atoms with Crippen LogP contribution in [0.4, 0.5) is 0 Å². The molecule has 0 bridgehead atoms. The molecule has 1 aliphatic carbocycles. The topological polar surface area (TPSA) is 12.0 Å². The lowest BCUT2D eigenvalue weighted by Gasteiger charge is -2.10. The van der Waals surface area contributed by atoms with Crippen LogP contribution in [0.1, 0.15) is 49.1 Å². The van der Waals surface area contributed by atoms with Crippen molar-refractivity contribution in [3.05, 3.63) is 35.4 Å². The van der Waals surface area contributed by atoms with Crippen molar-refractivity contribution in [2.45, 2.75) is 44.4 Å². The van der Waals surface area contributed by atoms with Gasteiger partial charge in [0.15, 0.2) is 0 Å². The highest BCUT2D eigenvalue weighted by atomic mass is 14.8. The number of benzene rings is 1. The smallest absolute Gasteiger partial charge is 0.00488 e. The zero-order valence-corrected chi connectivity index (χ0v) is 10.3. The molecule has 1 heteroatoms. The molecular weight excluding hydrogens is 194 g/mol. The summed E-state index contributed by atoms with van der Waals surface area (Å²) in [6, 6.07) is 9.35. The maximum atomic E-state index is 3.19. The van der Waals surface area contributed by atoms with Gasteiger partial charge in [-0.05, 0) is 56.3 Å². The maximum absolute atomic E-state index is 3.19. The molecule has 1 nitrogen and oxygen atoms in total. The third-order valence-electron chi connectivity index (χ3n) is 3.70. The number of rotatable bonds is 5. The highest BCUT2D eigenvalue weighted by Gasteiger charge is 2.16. The largest absolute Gasteiger partial charge is 0.320 e. The first-order valence-electron chi connectivity index (χ1n) is 6.63. The van der Waals surface area contributed by atoms with Crippen molar-refractivity contribution < 1.29 is 0 Å². The predicted molar refractivity (Wildman–Crippen MR) is 69.9 cm³/mol. The number of hydrogen-bond acceptors (Lipinski definition) is 1. The quantitative estimate of drug-likeness (QED) is 0.744. The Balaban J connectivity index is 1.88. The van der Waals surface area contributed by atoms with Crippen LogP contribution in [-0.4, -0.2) is 13.6 Å². The maximum Gasteiger partial charge on any atom is -0.00488 e. The fraction of sp³-hybridized carbons (Fsp3) is 0.600. The standard InChI is InChI=1S/C15H23N/c1-16-12-4-5-13-8-10-15(11-9-13)14-6-2-3-7-14/h8-11,14,16H,2-7,12H2,1H3. The molecule has 0 radical (unpaired) electrons. The van der Waals surface area contributed by atoms with Crippen molar-refractivity contribution in [1.29, 1.82) is 0 Å². The summed E-state index contributed by atoms with van der Waals surface area (Å²) >= 11 is 0. The SMILES string of the molecule is CNCCCc1ccc(C2CCCC2)cc1.